The van der Waals surface area contributed by atoms with E-state index in [9.17, 15) is 13.6 Å². The molecule has 2 N–H and O–H groups in total. The molecule has 106 valence electrons. The highest BCUT2D eigenvalue weighted by Crippen LogP contribution is 2.13. The van der Waals surface area contributed by atoms with Crippen LogP contribution in [0.4, 0.5) is 14.5 Å². The topological polar surface area (TPSA) is 49.3 Å². The number of hydrogen-bond acceptors (Lipinski definition) is 2. The zero-order valence-corrected chi connectivity index (χ0v) is 10.9. The standard InChI is InChI=1S/C16H11F2NO2/c17-13-5-7-14(8-6-13)19-16(21)12-4-3-11(2-1-9-20)15(18)10-12/h3-8,10,20H,9H2,(H,19,21). The van der Waals surface area contributed by atoms with Gasteiger partial charge in [-0.15, -0.1) is 0 Å². The SMILES string of the molecule is O=C(Nc1ccc(F)cc1)c1ccc(C#CCO)c(F)c1. The normalized spacial score (nSPS) is 9.67. The molecule has 2 aromatic rings. The molecule has 0 atom stereocenters. The van der Waals surface area contributed by atoms with Crippen LogP contribution in [0.15, 0.2) is 42.5 Å². The second-order valence-electron chi connectivity index (χ2n) is 4.12. The van der Waals surface area contributed by atoms with Crippen molar-refractivity contribution in [1.29, 1.82) is 0 Å². The maximum absolute atomic E-state index is 13.7. The van der Waals surface area contributed by atoms with Crippen LogP contribution in [0.5, 0.6) is 0 Å². The predicted molar refractivity (Wildman–Crippen MR) is 74.7 cm³/mol. The van der Waals surface area contributed by atoms with E-state index >= 15 is 0 Å². The first-order valence-corrected chi connectivity index (χ1v) is 6.06. The van der Waals surface area contributed by atoms with Gasteiger partial charge in [-0.1, -0.05) is 11.8 Å². The van der Waals surface area contributed by atoms with Crippen molar-refractivity contribution < 1.29 is 18.7 Å². The molecule has 1 amide bonds. The van der Waals surface area contributed by atoms with Crippen molar-refractivity contribution >= 4 is 11.6 Å². The summed E-state index contributed by atoms with van der Waals surface area (Å²) < 4.78 is 26.5. The molecule has 3 nitrogen and oxygen atoms in total. The molecular weight excluding hydrogens is 276 g/mol. The van der Waals surface area contributed by atoms with Crippen molar-refractivity contribution in [1.82, 2.24) is 0 Å². The first-order valence-electron chi connectivity index (χ1n) is 6.06. The van der Waals surface area contributed by atoms with Crippen LogP contribution in [0, 0.1) is 23.5 Å². The fraction of sp³-hybridized carbons (Fsp3) is 0.0625. The van der Waals surface area contributed by atoms with Gasteiger partial charge in [-0.2, -0.15) is 0 Å². The highest BCUT2D eigenvalue weighted by atomic mass is 19.1. The molecule has 21 heavy (non-hydrogen) atoms. The van der Waals surface area contributed by atoms with Crippen LogP contribution in [0.1, 0.15) is 15.9 Å². The van der Waals surface area contributed by atoms with E-state index < -0.39 is 17.5 Å². The Bertz CT molecular complexity index is 715. The summed E-state index contributed by atoms with van der Waals surface area (Å²) in [6, 6.07) is 9.07. The minimum absolute atomic E-state index is 0.0994. The third kappa shape index (κ3) is 3.88. The summed E-state index contributed by atoms with van der Waals surface area (Å²) in [6.45, 7) is -0.369. The van der Waals surface area contributed by atoms with Gasteiger partial charge >= 0.3 is 0 Å². The lowest BCUT2D eigenvalue weighted by Gasteiger charge is -2.05. The summed E-state index contributed by atoms with van der Waals surface area (Å²) in [5, 5.41) is 11.1. The fourth-order valence-electron chi connectivity index (χ4n) is 1.63. The number of hydrogen-bond donors (Lipinski definition) is 2. The van der Waals surface area contributed by atoms with Crippen molar-refractivity contribution in [2.24, 2.45) is 0 Å². The summed E-state index contributed by atoms with van der Waals surface area (Å²) in [4.78, 5) is 11.9. The zero-order valence-electron chi connectivity index (χ0n) is 10.9. The van der Waals surface area contributed by atoms with E-state index in [-0.39, 0.29) is 17.7 Å². The van der Waals surface area contributed by atoms with Crippen LogP contribution in [0.3, 0.4) is 0 Å². The number of aliphatic hydroxyl groups is 1. The van der Waals surface area contributed by atoms with E-state index in [1.54, 1.807) is 0 Å². The van der Waals surface area contributed by atoms with Gasteiger partial charge in [0, 0.05) is 11.3 Å². The number of benzene rings is 2. The summed E-state index contributed by atoms with van der Waals surface area (Å²) in [6.07, 6.45) is 0. The summed E-state index contributed by atoms with van der Waals surface area (Å²) in [7, 11) is 0. The van der Waals surface area contributed by atoms with Crippen LogP contribution >= 0.6 is 0 Å². The maximum Gasteiger partial charge on any atom is 0.255 e. The number of halogens is 2. The Balaban J connectivity index is 2.16. The number of anilines is 1. The number of aliphatic hydroxyl groups excluding tert-OH is 1. The number of nitrogens with one attached hydrogen (secondary N) is 1. The van der Waals surface area contributed by atoms with E-state index in [4.69, 9.17) is 5.11 Å². The Morgan fingerprint density at radius 1 is 1.14 bits per heavy atom. The first kappa shape index (κ1) is 14.7. The second kappa shape index (κ2) is 6.64. The van der Waals surface area contributed by atoms with Crippen molar-refractivity contribution in [2.45, 2.75) is 0 Å². The van der Waals surface area contributed by atoms with Crippen LogP contribution in [-0.4, -0.2) is 17.6 Å². The Hall–Kier alpha value is -2.71. The molecule has 0 radical (unpaired) electrons. The molecule has 5 heteroatoms. The fourth-order valence-corrected chi connectivity index (χ4v) is 1.63. The monoisotopic (exact) mass is 287 g/mol. The van der Waals surface area contributed by atoms with Crippen LogP contribution in [-0.2, 0) is 0 Å². The van der Waals surface area contributed by atoms with Gasteiger partial charge < -0.3 is 10.4 Å². The van der Waals surface area contributed by atoms with E-state index in [2.05, 4.69) is 17.2 Å². The van der Waals surface area contributed by atoms with Gasteiger partial charge in [0.2, 0.25) is 0 Å². The molecule has 0 aliphatic rings. The third-order valence-electron chi connectivity index (χ3n) is 2.64. The number of amides is 1. The Labute approximate surface area is 120 Å². The van der Waals surface area contributed by atoms with Gasteiger partial charge in [-0.25, -0.2) is 8.78 Å². The van der Waals surface area contributed by atoms with Gasteiger partial charge in [0.05, 0.1) is 5.56 Å². The van der Waals surface area contributed by atoms with Gasteiger partial charge in [0.1, 0.15) is 18.2 Å². The minimum atomic E-state index is -0.650. The number of carbonyl (C=O) groups excluding carboxylic acids is 1. The van der Waals surface area contributed by atoms with Crippen molar-refractivity contribution in [2.75, 3.05) is 11.9 Å². The van der Waals surface area contributed by atoms with Crippen LogP contribution in [0.25, 0.3) is 0 Å². The number of rotatable bonds is 2. The quantitative estimate of drug-likeness (QED) is 0.834. The van der Waals surface area contributed by atoms with E-state index in [1.807, 2.05) is 0 Å². The summed E-state index contributed by atoms with van der Waals surface area (Å²) >= 11 is 0. The zero-order chi connectivity index (χ0) is 15.2. The van der Waals surface area contributed by atoms with E-state index in [0.717, 1.165) is 6.07 Å². The molecule has 2 aromatic carbocycles. The lowest BCUT2D eigenvalue weighted by Crippen LogP contribution is -2.12. The van der Waals surface area contributed by atoms with E-state index in [1.165, 1.54) is 36.4 Å². The molecule has 0 spiro atoms. The summed E-state index contributed by atoms with van der Waals surface area (Å²) in [5.74, 6) is 3.19. The largest absolute Gasteiger partial charge is 0.384 e. The smallest absolute Gasteiger partial charge is 0.255 e. The van der Waals surface area contributed by atoms with Crippen molar-refractivity contribution in [3.8, 4) is 11.8 Å². The van der Waals surface area contributed by atoms with Gasteiger partial charge in [-0.05, 0) is 42.5 Å². The Morgan fingerprint density at radius 2 is 1.86 bits per heavy atom. The second-order valence-corrected chi connectivity index (χ2v) is 4.12. The average Bonchev–Trinajstić information content (AvgIpc) is 2.48. The highest BCUT2D eigenvalue weighted by Gasteiger charge is 2.09. The van der Waals surface area contributed by atoms with Gasteiger partial charge in [0.15, 0.2) is 0 Å². The average molecular weight is 287 g/mol. The molecule has 0 unspecified atom stereocenters. The molecule has 0 aliphatic heterocycles. The van der Waals surface area contributed by atoms with Crippen LogP contribution in [0.2, 0.25) is 0 Å². The lowest BCUT2D eigenvalue weighted by molar-refractivity contribution is 0.102. The highest BCUT2D eigenvalue weighted by molar-refractivity contribution is 6.04. The van der Waals surface area contributed by atoms with Gasteiger partial charge in [0.25, 0.3) is 5.91 Å². The molecule has 0 bridgehead atoms. The molecule has 0 heterocycles. The number of carbonyl (C=O) groups is 1. The molecule has 0 saturated heterocycles. The molecular formula is C16H11F2NO2. The van der Waals surface area contributed by atoms with Crippen molar-refractivity contribution in [3.05, 3.63) is 65.2 Å². The third-order valence-corrected chi connectivity index (χ3v) is 2.64. The van der Waals surface area contributed by atoms with E-state index in [0.29, 0.717) is 5.69 Å². The van der Waals surface area contributed by atoms with Gasteiger partial charge in [-0.3, -0.25) is 4.79 Å². The Morgan fingerprint density at radius 3 is 2.48 bits per heavy atom. The Kier molecular flexibility index (Phi) is 4.64. The molecule has 2 rings (SSSR count). The lowest BCUT2D eigenvalue weighted by atomic mass is 10.1. The predicted octanol–water partition coefficient (Wildman–Crippen LogP) is 2.56. The maximum atomic E-state index is 13.7. The molecule has 0 fully saturated rings. The minimum Gasteiger partial charge on any atom is -0.384 e. The van der Waals surface area contributed by atoms with Crippen LogP contribution < -0.4 is 5.32 Å². The molecule has 0 saturated carbocycles. The molecule has 0 aromatic heterocycles. The summed E-state index contributed by atoms with van der Waals surface area (Å²) in [5.41, 5.74) is 0.625. The molecule has 0 aliphatic carbocycles. The van der Waals surface area contributed by atoms with Crippen molar-refractivity contribution in [3.63, 3.8) is 0 Å². The first-order chi connectivity index (χ1) is 10.1.